The molecule has 0 saturated carbocycles. The second kappa shape index (κ2) is 8.58. The van der Waals surface area contributed by atoms with Gasteiger partial charge < -0.3 is 10.4 Å². The number of hydrogen-bond donors (Lipinski definition) is 2. The first-order valence-electron chi connectivity index (χ1n) is 6.21. The highest BCUT2D eigenvalue weighted by Gasteiger charge is 2.17. The molecule has 2 N–H and O–H groups in total. The first kappa shape index (κ1) is 15.6. The van der Waals surface area contributed by atoms with Gasteiger partial charge in [0.1, 0.15) is 6.04 Å². The zero-order chi connectivity index (χ0) is 14.1. The number of thioether (sulfide) groups is 1. The van der Waals surface area contributed by atoms with Crippen molar-refractivity contribution in [3.8, 4) is 0 Å². The third-order valence-corrected chi connectivity index (χ3v) is 3.70. The Kier molecular flexibility index (Phi) is 7.03. The number of nitrogens with one attached hydrogen (secondary N) is 1. The van der Waals surface area contributed by atoms with E-state index in [4.69, 9.17) is 5.11 Å². The summed E-state index contributed by atoms with van der Waals surface area (Å²) in [5.74, 6) is 0.00477. The van der Waals surface area contributed by atoms with Crippen LogP contribution in [0, 0.1) is 0 Å². The van der Waals surface area contributed by atoms with E-state index < -0.39 is 12.0 Å². The summed E-state index contributed by atoms with van der Waals surface area (Å²) in [5.41, 5.74) is 1.29. The minimum absolute atomic E-state index is 0.308. The largest absolute Gasteiger partial charge is 0.480 e. The van der Waals surface area contributed by atoms with Gasteiger partial charge in [0.2, 0.25) is 5.91 Å². The summed E-state index contributed by atoms with van der Waals surface area (Å²) in [6, 6.07) is 9.39. The average molecular weight is 281 g/mol. The number of benzene rings is 1. The molecule has 0 spiro atoms. The Labute approximate surface area is 117 Å². The molecule has 0 saturated heterocycles. The van der Waals surface area contributed by atoms with Gasteiger partial charge in [-0.25, -0.2) is 4.79 Å². The van der Waals surface area contributed by atoms with Crippen LogP contribution in [-0.4, -0.2) is 34.5 Å². The summed E-state index contributed by atoms with van der Waals surface area (Å²) in [5, 5.41) is 11.4. The van der Waals surface area contributed by atoms with Gasteiger partial charge in [0.15, 0.2) is 0 Å². The molecule has 5 heteroatoms. The maximum Gasteiger partial charge on any atom is 0.327 e. The highest BCUT2D eigenvalue weighted by molar-refractivity contribution is 7.99. The molecule has 0 aliphatic carbocycles. The molecular formula is C14H19NO3S. The molecule has 1 unspecified atom stereocenters. The van der Waals surface area contributed by atoms with E-state index in [0.717, 1.165) is 18.6 Å². The van der Waals surface area contributed by atoms with Gasteiger partial charge in [-0.05, 0) is 24.2 Å². The molecule has 1 aromatic carbocycles. The van der Waals surface area contributed by atoms with Crippen LogP contribution in [-0.2, 0) is 16.0 Å². The standard InChI is InChI=1S/C14H19NO3S/c1-11(16)15-13(14(17)18)10-19-9-5-8-12-6-3-2-4-7-12/h2-4,6-7,13H,5,8-10H2,1H3,(H,15,16)(H,17,18). The first-order valence-corrected chi connectivity index (χ1v) is 7.36. The zero-order valence-electron chi connectivity index (χ0n) is 11.0. The van der Waals surface area contributed by atoms with Crippen LogP contribution in [0.3, 0.4) is 0 Å². The molecule has 1 atom stereocenters. The normalized spacial score (nSPS) is 11.8. The molecule has 0 heterocycles. The summed E-state index contributed by atoms with van der Waals surface area (Å²) >= 11 is 1.56. The number of amides is 1. The molecule has 1 amide bonds. The second-order valence-electron chi connectivity index (χ2n) is 4.26. The van der Waals surface area contributed by atoms with E-state index in [-0.39, 0.29) is 5.91 Å². The molecule has 0 aliphatic heterocycles. The maximum atomic E-state index is 10.9. The summed E-state index contributed by atoms with van der Waals surface area (Å²) in [6.07, 6.45) is 1.99. The number of carboxylic acids is 1. The molecule has 0 radical (unpaired) electrons. The highest BCUT2D eigenvalue weighted by Crippen LogP contribution is 2.09. The van der Waals surface area contributed by atoms with E-state index >= 15 is 0 Å². The number of carboxylic acid groups (broad SMARTS) is 1. The van der Waals surface area contributed by atoms with Gasteiger partial charge in [-0.1, -0.05) is 30.3 Å². The Morgan fingerprint density at radius 3 is 2.58 bits per heavy atom. The fourth-order valence-electron chi connectivity index (χ4n) is 1.64. The number of hydrogen-bond acceptors (Lipinski definition) is 3. The molecule has 4 nitrogen and oxygen atoms in total. The monoisotopic (exact) mass is 281 g/mol. The fraction of sp³-hybridized carbons (Fsp3) is 0.429. The van der Waals surface area contributed by atoms with Gasteiger partial charge in [-0.15, -0.1) is 0 Å². The Hall–Kier alpha value is -1.49. The van der Waals surface area contributed by atoms with E-state index in [1.54, 1.807) is 11.8 Å². The summed E-state index contributed by atoms with van der Waals surface area (Å²) < 4.78 is 0. The Bertz CT molecular complexity index is 408. The van der Waals surface area contributed by atoms with Gasteiger partial charge in [0, 0.05) is 12.7 Å². The number of aryl methyl sites for hydroxylation is 1. The Morgan fingerprint density at radius 1 is 1.32 bits per heavy atom. The van der Waals surface area contributed by atoms with Crippen molar-refractivity contribution in [2.24, 2.45) is 0 Å². The molecule has 1 rings (SSSR count). The first-order chi connectivity index (χ1) is 9.09. The van der Waals surface area contributed by atoms with E-state index in [9.17, 15) is 9.59 Å². The van der Waals surface area contributed by atoms with Crippen molar-refractivity contribution in [2.75, 3.05) is 11.5 Å². The van der Waals surface area contributed by atoms with Crippen LogP contribution in [0.4, 0.5) is 0 Å². The van der Waals surface area contributed by atoms with Crippen LogP contribution in [0.25, 0.3) is 0 Å². The van der Waals surface area contributed by atoms with Gasteiger partial charge in [-0.3, -0.25) is 4.79 Å². The topological polar surface area (TPSA) is 66.4 Å². The van der Waals surface area contributed by atoms with E-state index in [1.807, 2.05) is 18.2 Å². The van der Waals surface area contributed by atoms with Crippen LogP contribution >= 0.6 is 11.8 Å². The van der Waals surface area contributed by atoms with Crippen molar-refractivity contribution in [1.29, 1.82) is 0 Å². The van der Waals surface area contributed by atoms with Crippen molar-refractivity contribution < 1.29 is 14.7 Å². The molecule has 0 fully saturated rings. The van der Waals surface area contributed by atoms with Crippen molar-refractivity contribution in [3.05, 3.63) is 35.9 Å². The van der Waals surface area contributed by atoms with Gasteiger partial charge in [0.25, 0.3) is 0 Å². The van der Waals surface area contributed by atoms with Gasteiger partial charge >= 0.3 is 5.97 Å². The molecule has 0 bridgehead atoms. The van der Waals surface area contributed by atoms with Crippen LogP contribution < -0.4 is 5.32 Å². The Balaban J connectivity index is 2.18. The van der Waals surface area contributed by atoms with E-state index in [2.05, 4.69) is 17.4 Å². The van der Waals surface area contributed by atoms with Crippen molar-refractivity contribution in [2.45, 2.75) is 25.8 Å². The van der Waals surface area contributed by atoms with Crippen LogP contribution in [0.5, 0.6) is 0 Å². The van der Waals surface area contributed by atoms with E-state index in [1.165, 1.54) is 12.5 Å². The number of aliphatic carboxylic acids is 1. The van der Waals surface area contributed by atoms with Crippen molar-refractivity contribution in [3.63, 3.8) is 0 Å². The third-order valence-electron chi connectivity index (χ3n) is 2.56. The summed E-state index contributed by atoms with van der Waals surface area (Å²) in [6.45, 7) is 1.33. The highest BCUT2D eigenvalue weighted by atomic mass is 32.2. The van der Waals surface area contributed by atoms with Crippen LogP contribution in [0.15, 0.2) is 30.3 Å². The number of rotatable bonds is 8. The predicted molar refractivity (Wildman–Crippen MR) is 77.3 cm³/mol. The summed E-state index contributed by atoms with van der Waals surface area (Å²) in [7, 11) is 0. The van der Waals surface area contributed by atoms with Crippen molar-refractivity contribution >= 4 is 23.6 Å². The Morgan fingerprint density at radius 2 is 2.00 bits per heavy atom. The lowest BCUT2D eigenvalue weighted by Crippen LogP contribution is -2.41. The molecule has 1 aromatic rings. The quantitative estimate of drug-likeness (QED) is 0.715. The number of carbonyl (C=O) groups is 2. The lowest BCUT2D eigenvalue weighted by atomic mass is 10.1. The SMILES string of the molecule is CC(=O)NC(CSCCCc1ccccc1)C(=O)O. The predicted octanol–water partition coefficient (Wildman–Crippen LogP) is 1.94. The second-order valence-corrected chi connectivity index (χ2v) is 5.41. The van der Waals surface area contributed by atoms with Crippen LogP contribution in [0.1, 0.15) is 18.9 Å². The smallest absolute Gasteiger partial charge is 0.327 e. The molecule has 0 aromatic heterocycles. The number of carbonyl (C=O) groups excluding carboxylic acids is 1. The maximum absolute atomic E-state index is 10.9. The lowest BCUT2D eigenvalue weighted by Gasteiger charge is -2.12. The van der Waals surface area contributed by atoms with Gasteiger partial charge in [0.05, 0.1) is 0 Å². The molecule has 104 valence electrons. The van der Waals surface area contributed by atoms with Crippen LogP contribution in [0.2, 0.25) is 0 Å². The van der Waals surface area contributed by atoms with E-state index in [0.29, 0.717) is 5.75 Å². The fourth-order valence-corrected chi connectivity index (χ4v) is 2.62. The van der Waals surface area contributed by atoms with Gasteiger partial charge in [-0.2, -0.15) is 11.8 Å². The average Bonchev–Trinajstić information content (AvgIpc) is 2.37. The molecule has 19 heavy (non-hydrogen) atoms. The minimum Gasteiger partial charge on any atom is -0.480 e. The van der Waals surface area contributed by atoms with Crippen molar-refractivity contribution in [1.82, 2.24) is 5.32 Å². The third kappa shape index (κ3) is 6.86. The zero-order valence-corrected chi connectivity index (χ0v) is 11.8. The summed E-state index contributed by atoms with van der Waals surface area (Å²) in [4.78, 5) is 21.7. The minimum atomic E-state index is -0.981. The lowest BCUT2D eigenvalue weighted by molar-refractivity contribution is -0.140. The molecule has 0 aliphatic rings. The molecular weight excluding hydrogens is 262 g/mol.